The first-order valence-corrected chi connectivity index (χ1v) is 7.65. The number of nitro benzene ring substituents is 1. The minimum Gasteiger partial charge on any atom is -0.460 e. The third kappa shape index (κ3) is 3.66. The van der Waals surface area contributed by atoms with Crippen molar-refractivity contribution in [1.29, 1.82) is 0 Å². The van der Waals surface area contributed by atoms with Crippen molar-refractivity contribution in [3.8, 4) is 11.5 Å². The number of nitrogens with zero attached hydrogens (tertiary/aromatic N) is 3. The molecule has 2 heterocycles. The van der Waals surface area contributed by atoms with Gasteiger partial charge in [-0.2, -0.15) is 10.2 Å². The van der Waals surface area contributed by atoms with Gasteiger partial charge in [-0.1, -0.05) is 0 Å². The van der Waals surface area contributed by atoms with Gasteiger partial charge in [0.2, 0.25) is 0 Å². The molecule has 0 saturated heterocycles. The SMILES string of the molecule is CC(=NNC(=O)c1cc(-c2ccc(C)o2)[nH]n1)c1ccc([N+](=O)[O-])cc1. The van der Waals surface area contributed by atoms with Gasteiger partial charge in [-0.05, 0) is 43.7 Å². The molecule has 3 aromatic rings. The van der Waals surface area contributed by atoms with Gasteiger partial charge in [0.15, 0.2) is 11.5 Å². The molecule has 0 fully saturated rings. The number of aromatic nitrogens is 2. The molecule has 0 radical (unpaired) electrons. The Kier molecular flexibility index (Phi) is 4.61. The molecule has 9 heteroatoms. The molecular formula is C17H15N5O4. The highest BCUT2D eigenvalue weighted by Gasteiger charge is 2.13. The lowest BCUT2D eigenvalue weighted by Gasteiger charge is -2.01. The molecular weight excluding hydrogens is 338 g/mol. The second kappa shape index (κ2) is 7.01. The maximum absolute atomic E-state index is 12.2. The number of nitrogens with one attached hydrogen (secondary N) is 2. The van der Waals surface area contributed by atoms with Crippen molar-refractivity contribution < 1.29 is 14.1 Å². The smallest absolute Gasteiger partial charge is 0.291 e. The minimum atomic E-state index is -0.489. The van der Waals surface area contributed by atoms with Crippen molar-refractivity contribution in [2.45, 2.75) is 13.8 Å². The Morgan fingerprint density at radius 1 is 1.27 bits per heavy atom. The summed E-state index contributed by atoms with van der Waals surface area (Å²) < 4.78 is 5.47. The summed E-state index contributed by atoms with van der Waals surface area (Å²) in [7, 11) is 0. The molecule has 3 rings (SSSR count). The standard InChI is InChI=1S/C17H15N5O4/c1-10-3-8-16(26-10)14-9-15(20-19-14)17(23)21-18-11(2)12-4-6-13(7-5-12)22(24)25/h3-9H,1-2H3,(H,19,20)(H,21,23). The molecule has 0 aliphatic rings. The van der Waals surface area contributed by atoms with E-state index in [0.29, 0.717) is 22.7 Å². The van der Waals surface area contributed by atoms with Crippen LogP contribution in [0.15, 0.2) is 52.0 Å². The topological polar surface area (TPSA) is 126 Å². The Morgan fingerprint density at radius 2 is 2.00 bits per heavy atom. The Labute approximate surface area is 147 Å². The van der Waals surface area contributed by atoms with Gasteiger partial charge >= 0.3 is 0 Å². The van der Waals surface area contributed by atoms with Crippen LogP contribution in [0, 0.1) is 17.0 Å². The van der Waals surface area contributed by atoms with Gasteiger partial charge in [0.1, 0.15) is 11.5 Å². The molecule has 26 heavy (non-hydrogen) atoms. The van der Waals surface area contributed by atoms with Gasteiger partial charge < -0.3 is 4.42 Å². The highest BCUT2D eigenvalue weighted by molar-refractivity contribution is 6.00. The molecule has 0 aliphatic carbocycles. The second-order valence-corrected chi connectivity index (χ2v) is 5.52. The van der Waals surface area contributed by atoms with E-state index in [2.05, 4.69) is 20.7 Å². The summed E-state index contributed by atoms with van der Waals surface area (Å²) >= 11 is 0. The number of hydrazone groups is 1. The Bertz CT molecular complexity index is 985. The van der Waals surface area contributed by atoms with Crippen LogP contribution >= 0.6 is 0 Å². The average Bonchev–Trinajstić information content (AvgIpc) is 3.28. The van der Waals surface area contributed by atoms with Gasteiger partial charge in [-0.15, -0.1) is 0 Å². The van der Waals surface area contributed by atoms with E-state index < -0.39 is 10.8 Å². The number of hydrogen-bond acceptors (Lipinski definition) is 6. The number of amides is 1. The summed E-state index contributed by atoms with van der Waals surface area (Å²) in [6, 6.07) is 11.0. The molecule has 1 amide bonds. The average molecular weight is 353 g/mol. The van der Waals surface area contributed by atoms with Crippen molar-refractivity contribution in [3.05, 3.63) is 69.6 Å². The van der Waals surface area contributed by atoms with Crippen LogP contribution in [0.4, 0.5) is 5.69 Å². The third-order valence-electron chi connectivity index (χ3n) is 3.64. The number of non-ortho nitro benzene ring substituents is 1. The number of H-pyrrole nitrogens is 1. The number of nitro groups is 1. The van der Waals surface area contributed by atoms with Crippen LogP contribution < -0.4 is 5.43 Å². The van der Waals surface area contributed by atoms with Gasteiger partial charge in [0, 0.05) is 18.2 Å². The first kappa shape index (κ1) is 17.1. The van der Waals surface area contributed by atoms with Crippen LogP contribution in [0.5, 0.6) is 0 Å². The zero-order valence-corrected chi connectivity index (χ0v) is 14.0. The number of carbonyl (C=O) groups is 1. The van der Waals surface area contributed by atoms with E-state index in [1.807, 2.05) is 13.0 Å². The maximum atomic E-state index is 12.2. The number of aryl methyl sites for hydroxylation is 1. The lowest BCUT2D eigenvalue weighted by Crippen LogP contribution is -2.19. The zero-order valence-electron chi connectivity index (χ0n) is 14.0. The summed E-state index contributed by atoms with van der Waals surface area (Å²) in [6.45, 7) is 3.51. The van der Waals surface area contributed by atoms with Crippen LogP contribution in [0.3, 0.4) is 0 Å². The highest BCUT2D eigenvalue weighted by Crippen LogP contribution is 2.20. The molecule has 0 aliphatic heterocycles. The quantitative estimate of drug-likeness (QED) is 0.414. The highest BCUT2D eigenvalue weighted by atomic mass is 16.6. The predicted octanol–water partition coefficient (Wildman–Crippen LogP) is 3.04. The van der Waals surface area contributed by atoms with Crippen molar-refractivity contribution in [2.24, 2.45) is 5.10 Å². The first-order valence-electron chi connectivity index (χ1n) is 7.65. The second-order valence-electron chi connectivity index (χ2n) is 5.52. The minimum absolute atomic E-state index is 0.0113. The third-order valence-corrected chi connectivity index (χ3v) is 3.64. The van der Waals surface area contributed by atoms with E-state index in [-0.39, 0.29) is 11.4 Å². The maximum Gasteiger partial charge on any atom is 0.291 e. The molecule has 0 spiro atoms. The fraction of sp³-hybridized carbons (Fsp3) is 0.118. The predicted molar refractivity (Wildman–Crippen MR) is 93.8 cm³/mol. The van der Waals surface area contributed by atoms with Gasteiger partial charge in [-0.25, -0.2) is 5.43 Å². The van der Waals surface area contributed by atoms with E-state index in [1.165, 1.54) is 12.1 Å². The van der Waals surface area contributed by atoms with Crippen LogP contribution in [0.1, 0.15) is 28.7 Å². The van der Waals surface area contributed by atoms with E-state index in [0.717, 1.165) is 5.76 Å². The molecule has 9 nitrogen and oxygen atoms in total. The summed E-state index contributed by atoms with van der Waals surface area (Å²) in [6.07, 6.45) is 0. The van der Waals surface area contributed by atoms with Crippen molar-refractivity contribution in [2.75, 3.05) is 0 Å². The lowest BCUT2D eigenvalue weighted by molar-refractivity contribution is -0.384. The normalized spacial score (nSPS) is 11.4. The van der Waals surface area contributed by atoms with Gasteiger partial charge in [0.05, 0.1) is 10.6 Å². The zero-order chi connectivity index (χ0) is 18.7. The number of benzene rings is 1. The molecule has 0 atom stereocenters. The number of furan rings is 1. The summed E-state index contributed by atoms with van der Waals surface area (Å²) in [5, 5.41) is 21.3. The number of rotatable bonds is 5. The summed E-state index contributed by atoms with van der Waals surface area (Å²) in [5.74, 6) is 0.848. The van der Waals surface area contributed by atoms with Crippen LogP contribution in [0.25, 0.3) is 11.5 Å². The van der Waals surface area contributed by atoms with Crippen LogP contribution in [-0.2, 0) is 0 Å². The molecule has 0 bridgehead atoms. The van der Waals surface area contributed by atoms with Crippen molar-refractivity contribution in [1.82, 2.24) is 15.6 Å². The fourth-order valence-corrected chi connectivity index (χ4v) is 2.22. The molecule has 0 unspecified atom stereocenters. The number of hydrogen-bond donors (Lipinski definition) is 2. The largest absolute Gasteiger partial charge is 0.460 e. The van der Waals surface area contributed by atoms with E-state index in [1.54, 1.807) is 31.2 Å². The Hall–Kier alpha value is -3.75. The molecule has 1 aromatic carbocycles. The lowest BCUT2D eigenvalue weighted by atomic mass is 10.1. The molecule has 132 valence electrons. The molecule has 0 saturated carbocycles. The Balaban J connectivity index is 1.68. The van der Waals surface area contributed by atoms with Gasteiger partial charge in [-0.3, -0.25) is 20.0 Å². The summed E-state index contributed by atoms with van der Waals surface area (Å²) in [4.78, 5) is 22.3. The van der Waals surface area contributed by atoms with Crippen molar-refractivity contribution >= 4 is 17.3 Å². The van der Waals surface area contributed by atoms with Crippen LogP contribution in [-0.4, -0.2) is 26.7 Å². The van der Waals surface area contributed by atoms with E-state index in [4.69, 9.17) is 4.42 Å². The van der Waals surface area contributed by atoms with E-state index in [9.17, 15) is 14.9 Å². The summed E-state index contributed by atoms with van der Waals surface area (Å²) in [5.41, 5.74) is 4.30. The number of carbonyl (C=O) groups excluding carboxylic acids is 1. The first-order chi connectivity index (χ1) is 12.4. The number of aromatic amines is 1. The van der Waals surface area contributed by atoms with Crippen molar-refractivity contribution in [3.63, 3.8) is 0 Å². The van der Waals surface area contributed by atoms with E-state index >= 15 is 0 Å². The molecule has 2 aromatic heterocycles. The fourth-order valence-electron chi connectivity index (χ4n) is 2.22. The Morgan fingerprint density at radius 3 is 2.62 bits per heavy atom. The van der Waals surface area contributed by atoms with Crippen LogP contribution in [0.2, 0.25) is 0 Å². The van der Waals surface area contributed by atoms with Gasteiger partial charge in [0.25, 0.3) is 11.6 Å². The molecule has 2 N–H and O–H groups in total. The monoisotopic (exact) mass is 353 g/mol.